The Morgan fingerprint density at radius 2 is 1.93 bits per heavy atom. The summed E-state index contributed by atoms with van der Waals surface area (Å²) < 4.78 is 10.3. The molecule has 3 fully saturated rings. The lowest BCUT2D eigenvalue weighted by Gasteiger charge is -2.27. The number of rotatable bonds is 4. The van der Waals surface area contributed by atoms with Crippen LogP contribution >= 0.6 is 0 Å². The van der Waals surface area contributed by atoms with E-state index in [1.165, 1.54) is 14.2 Å². The fourth-order valence-corrected chi connectivity index (χ4v) is 4.51. The van der Waals surface area contributed by atoms with Gasteiger partial charge < -0.3 is 9.47 Å². The van der Waals surface area contributed by atoms with Gasteiger partial charge in [0, 0.05) is 32.7 Å². The van der Waals surface area contributed by atoms with Gasteiger partial charge in [-0.05, 0) is 11.1 Å². The van der Waals surface area contributed by atoms with Crippen LogP contribution < -0.4 is 5.32 Å². The predicted octanol–water partition coefficient (Wildman–Crippen LogP) is -0.0643. The SMILES string of the molecule is COC(=O)[C@@H]1N[C@H](c2cccc(CN3CCOCC3)c2)[C@@H]2C(=O)N(C)C(=O)[C@@H]21. The fraction of sp³-hybridized carbons (Fsp3) is 0.550. The zero-order chi connectivity index (χ0) is 19.8. The van der Waals surface area contributed by atoms with E-state index in [9.17, 15) is 14.4 Å². The summed E-state index contributed by atoms with van der Waals surface area (Å²) in [6.07, 6.45) is 0. The lowest BCUT2D eigenvalue weighted by Crippen LogP contribution is -2.42. The summed E-state index contributed by atoms with van der Waals surface area (Å²) in [4.78, 5) is 41.0. The molecule has 2 amide bonds. The molecule has 1 N–H and O–H groups in total. The molecule has 3 saturated heterocycles. The van der Waals surface area contributed by atoms with Crippen molar-refractivity contribution in [3.8, 4) is 0 Å². The molecular weight excluding hydrogens is 362 g/mol. The Morgan fingerprint density at radius 3 is 2.64 bits per heavy atom. The van der Waals surface area contributed by atoms with Crippen molar-refractivity contribution in [2.24, 2.45) is 11.8 Å². The van der Waals surface area contributed by atoms with Gasteiger partial charge in [-0.15, -0.1) is 0 Å². The number of ether oxygens (including phenoxy) is 2. The summed E-state index contributed by atoms with van der Waals surface area (Å²) in [7, 11) is 2.77. The minimum absolute atomic E-state index is 0.252. The molecule has 0 radical (unpaired) electrons. The van der Waals surface area contributed by atoms with Crippen molar-refractivity contribution in [3.63, 3.8) is 0 Å². The van der Waals surface area contributed by atoms with E-state index in [2.05, 4.69) is 22.3 Å². The number of benzene rings is 1. The number of nitrogens with one attached hydrogen (secondary N) is 1. The third-order valence-electron chi connectivity index (χ3n) is 5.97. The van der Waals surface area contributed by atoms with Crippen molar-refractivity contribution in [1.82, 2.24) is 15.1 Å². The zero-order valence-electron chi connectivity index (χ0n) is 16.1. The molecule has 8 nitrogen and oxygen atoms in total. The number of morpholine rings is 1. The first kappa shape index (κ1) is 19.0. The van der Waals surface area contributed by atoms with Crippen molar-refractivity contribution in [2.75, 3.05) is 40.5 Å². The van der Waals surface area contributed by atoms with E-state index in [-0.39, 0.29) is 11.8 Å². The average Bonchev–Trinajstić information content (AvgIpc) is 3.21. The monoisotopic (exact) mass is 387 g/mol. The van der Waals surface area contributed by atoms with E-state index >= 15 is 0 Å². The number of carbonyl (C=O) groups excluding carboxylic acids is 3. The molecule has 0 saturated carbocycles. The maximum atomic E-state index is 12.7. The topological polar surface area (TPSA) is 88.2 Å². The van der Waals surface area contributed by atoms with Crippen LogP contribution in [0.25, 0.3) is 0 Å². The van der Waals surface area contributed by atoms with Gasteiger partial charge in [-0.25, -0.2) is 0 Å². The molecule has 3 aliphatic heterocycles. The summed E-state index contributed by atoms with van der Waals surface area (Å²) in [6, 6.07) is 6.78. The summed E-state index contributed by atoms with van der Waals surface area (Å²) in [5.41, 5.74) is 2.04. The minimum Gasteiger partial charge on any atom is -0.468 e. The van der Waals surface area contributed by atoms with Crippen LogP contribution in [0, 0.1) is 11.8 Å². The van der Waals surface area contributed by atoms with Gasteiger partial charge in [0.25, 0.3) is 0 Å². The Kier molecular flexibility index (Phi) is 5.18. The number of nitrogens with zero attached hydrogens (tertiary/aromatic N) is 2. The highest BCUT2D eigenvalue weighted by molar-refractivity contribution is 6.08. The van der Waals surface area contributed by atoms with Gasteiger partial charge in [0.05, 0.1) is 32.2 Å². The zero-order valence-corrected chi connectivity index (χ0v) is 16.1. The summed E-state index contributed by atoms with van der Waals surface area (Å²) in [5.74, 6) is -2.42. The largest absolute Gasteiger partial charge is 0.468 e. The van der Waals surface area contributed by atoms with Crippen LogP contribution in [-0.4, -0.2) is 74.1 Å². The van der Waals surface area contributed by atoms with Crippen LogP contribution in [0.4, 0.5) is 0 Å². The maximum Gasteiger partial charge on any atom is 0.323 e. The minimum atomic E-state index is -0.815. The van der Waals surface area contributed by atoms with Crippen LogP contribution in [-0.2, 0) is 30.4 Å². The number of carbonyl (C=O) groups is 3. The van der Waals surface area contributed by atoms with Gasteiger partial charge in [0.2, 0.25) is 11.8 Å². The summed E-state index contributed by atoms with van der Waals surface area (Å²) in [6.45, 7) is 4.04. The van der Waals surface area contributed by atoms with Crippen molar-refractivity contribution in [2.45, 2.75) is 18.6 Å². The standard InChI is InChI=1S/C20H25N3O5/c1-22-18(24)14-15(19(22)25)17(20(26)27-2)21-16(14)13-5-3-4-12(10-13)11-23-6-8-28-9-7-23/h3-5,10,14-17,21H,6-9,11H2,1-2H3/t14-,15+,16-,17-/m1/s1. The molecule has 0 bridgehead atoms. The average molecular weight is 387 g/mol. The molecular formula is C20H25N3O5. The highest BCUT2D eigenvalue weighted by Crippen LogP contribution is 2.43. The molecule has 4 atom stereocenters. The quantitative estimate of drug-likeness (QED) is 0.572. The van der Waals surface area contributed by atoms with Crippen LogP contribution in [0.2, 0.25) is 0 Å². The number of likely N-dealkylation sites (tertiary alicyclic amines) is 1. The molecule has 3 aliphatic rings. The molecule has 1 aromatic carbocycles. The highest BCUT2D eigenvalue weighted by atomic mass is 16.5. The molecule has 150 valence electrons. The van der Waals surface area contributed by atoms with Crippen molar-refractivity contribution >= 4 is 17.8 Å². The maximum absolute atomic E-state index is 12.7. The molecule has 1 aromatic rings. The number of fused-ring (bicyclic) bond motifs is 1. The second kappa shape index (κ2) is 7.62. The second-order valence-corrected chi connectivity index (χ2v) is 7.57. The van der Waals surface area contributed by atoms with Gasteiger partial charge in [-0.1, -0.05) is 24.3 Å². The van der Waals surface area contributed by atoms with Gasteiger partial charge in [-0.2, -0.15) is 0 Å². The van der Waals surface area contributed by atoms with Crippen LogP contribution in [0.1, 0.15) is 17.2 Å². The molecule has 4 rings (SSSR count). The van der Waals surface area contributed by atoms with E-state index in [0.29, 0.717) is 0 Å². The van der Waals surface area contributed by atoms with E-state index in [4.69, 9.17) is 9.47 Å². The number of amides is 2. The fourth-order valence-electron chi connectivity index (χ4n) is 4.51. The number of imide groups is 1. The molecule has 0 aromatic heterocycles. The third kappa shape index (κ3) is 3.21. The van der Waals surface area contributed by atoms with Crippen molar-refractivity contribution in [3.05, 3.63) is 35.4 Å². The normalized spacial score (nSPS) is 30.6. The van der Waals surface area contributed by atoms with E-state index in [1.807, 2.05) is 12.1 Å². The van der Waals surface area contributed by atoms with Gasteiger partial charge >= 0.3 is 5.97 Å². The van der Waals surface area contributed by atoms with Crippen molar-refractivity contribution in [1.29, 1.82) is 0 Å². The number of hydrogen-bond acceptors (Lipinski definition) is 7. The molecule has 0 aliphatic carbocycles. The number of methoxy groups -OCH3 is 1. The molecule has 3 heterocycles. The van der Waals surface area contributed by atoms with Crippen molar-refractivity contribution < 1.29 is 23.9 Å². The van der Waals surface area contributed by atoms with Crippen LogP contribution in [0.3, 0.4) is 0 Å². The predicted molar refractivity (Wildman–Crippen MR) is 99.0 cm³/mol. The first-order valence-corrected chi connectivity index (χ1v) is 9.55. The molecule has 8 heteroatoms. The van der Waals surface area contributed by atoms with E-state index in [1.54, 1.807) is 0 Å². The Bertz CT molecular complexity index is 792. The Morgan fingerprint density at radius 1 is 1.21 bits per heavy atom. The number of esters is 1. The first-order valence-electron chi connectivity index (χ1n) is 9.55. The Hall–Kier alpha value is -2.29. The van der Waals surface area contributed by atoms with Crippen LogP contribution in [0.15, 0.2) is 24.3 Å². The first-order chi connectivity index (χ1) is 13.5. The summed E-state index contributed by atoms with van der Waals surface area (Å²) in [5, 5.41) is 3.20. The smallest absolute Gasteiger partial charge is 0.323 e. The highest BCUT2D eigenvalue weighted by Gasteiger charge is 2.60. The molecule has 28 heavy (non-hydrogen) atoms. The van der Waals surface area contributed by atoms with Crippen LogP contribution in [0.5, 0.6) is 0 Å². The van der Waals surface area contributed by atoms with Gasteiger partial charge in [-0.3, -0.25) is 29.5 Å². The number of hydrogen-bond donors (Lipinski definition) is 1. The Labute approximate surface area is 163 Å². The Balaban J connectivity index is 1.61. The lowest BCUT2D eigenvalue weighted by molar-refractivity contribution is -0.147. The van der Waals surface area contributed by atoms with E-state index in [0.717, 1.165) is 48.9 Å². The second-order valence-electron chi connectivity index (χ2n) is 7.57. The third-order valence-corrected chi connectivity index (χ3v) is 5.97. The van der Waals surface area contributed by atoms with Gasteiger partial charge in [0.15, 0.2) is 0 Å². The lowest BCUT2D eigenvalue weighted by atomic mass is 9.86. The molecule has 0 spiro atoms. The van der Waals surface area contributed by atoms with Gasteiger partial charge in [0.1, 0.15) is 6.04 Å². The molecule has 0 unspecified atom stereocenters. The summed E-state index contributed by atoms with van der Waals surface area (Å²) >= 11 is 0. The van der Waals surface area contributed by atoms with E-state index < -0.39 is 29.9 Å².